The minimum absolute atomic E-state index is 0.131. The second kappa shape index (κ2) is 5.84. The number of benzene rings is 1. The van der Waals surface area contributed by atoms with E-state index in [0.717, 1.165) is 10.0 Å². The van der Waals surface area contributed by atoms with Gasteiger partial charge in [-0.15, -0.1) is 0 Å². The highest BCUT2D eigenvalue weighted by Gasteiger charge is 2.14. The predicted molar refractivity (Wildman–Crippen MR) is 78.6 cm³/mol. The first-order chi connectivity index (χ1) is 9.08. The molecule has 0 saturated heterocycles. The second-order valence-corrected chi connectivity index (χ2v) is 5.17. The first-order valence-electron chi connectivity index (χ1n) is 5.77. The van der Waals surface area contributed by atoms with E-state index in [-0.39, 0.29) is 5.91 Å². The van der Waals surface area contributed by atoms with Gasteiger partial charge in [0.25, 0.3) is 5.91 Å². The lowest BCUT2D eigenvalue weighted by atomic mass is 10.2. The summed E-state index contributed by atoms with van der Waals surface area (Å²) in [6.07, 6.45) is 3.07. The van der Waals surface area contributed by atoms with Gasteiger partial charge in [-0.25, -0.2) is 0 Å². The van der Waals surface area contributed by atoms with Crippen LogP contribution in [0.5, 0.6) is 0 Å². The van der Waals surface area contributed by atoms with Crippen molar-refractivity contribution in [1.82, 2.24) is 9.88 Å². The molecule has 0 atom stereocenters. The molecule has 0 bridgehead atoms. The van der Waals surface area contributed by atoms with E-state index in [9.17, 15) is 4.79 Å². The maximum Gasteiger partial charge on any atom is 0.257 e. The van der Waals surface area contributed by atoms with Gasteiger partial charge in [-0.3, -0.25) is 9.78 Å². The smallest absolute Gasteiger partial charge is 0.257 e. The Hall–Kier alpha value is -1.88. The van der Waals surface area contributed by atoms with Gasteiger partial charge in [0, 0.05) is 36.1 Å². The quantitative estimate of drug-likeness (QED) is 0.946. The van der Waals surface area contributed by atoms with Gasteiger partial charge in [-0.2, -0.15) is 0 Å². The number of carbonyl (C=O) groups excluding carboxylic acids is 1. The van der Waals surface area contributed by atoms with Gasteiger partial charge >= 0.3 is 0 Å². The average Bonchev–Trinajstić information content (AvgIpc) is 2.41. The SMILES string of the molecule is CN(Cc1ccc(Br)cc1)C(=O)c1cnccc1N. The molecule has 0 aliphatic carbocycles. The third-order valence-corrected chi connectivity index (χ3v) is 3.29. The number of nitrogen functional groups attached to an aromatic ring is 1. The number of carbonyl (C=O) groups is 1. The first kappa shape index (κ1) is 13.5. The van der Waals surface area contributed by atoms with Crippen LogP contribution in [0.2, 0.25) is 0 Å². The maximum absolute atomic E-state index is 12.2. The Kier molecular flexibility index (Phi) is 4.16. The summed E-state index contributed by atoms with van der Waals surface area (Å²) in [7, 11) is 1.75. The van der Waals surface area contributed by atoms with Crippen molar-refractivity contribution in [2.75, 3.05) is 12.8 Å². The molecule has 2 N–H and O–H groups in total. The van der Waals surface area contributed by atoms with Gasteiger partial charge in [-0.05, 0) is 23.8 Å². The molecule has 1 amide bonds. The van der Waals surface area contributed by atoms with E-state index in [1.54, 1.807) is 24.2 Å². The molecule has 0 fully saturated rings. The van der Waals surface area contributed by atoms with Crippen LogP contribution in [0.1, 0.15) is 15.9 Å². The number of anilines is 1. The molecule has 5 heteroatoms. The number of hydrogen-bond donors (Lipinski definition) is 1. The molecule has 1 heterocycles. The monoisotopic (exact) mass is 319 g/mol. The molecule has 0 aliphatic rings. The molecular formula is C14H14BrN3O. The number of halogens is 1. The van der Waals surface area contributed by atoms with E-state index in [1.165, 1.54) is 6.20 Å². The number of pyridine rings is 1. The Balaban J connectivity index is 2.12. The van der Waals surface area contributed by atoms with Gasteiger partial charge < -0.3 is 10.6 Å². The van der Waals surface area contributed by atoms with E-state index < -0.39 is 0 Å². The van der Waals surface area contributed by atoms with Crippen LogP contribution in [-0.2, 0) is 6.54 Å². The zero-order valence-corrected chi connectivity index (χ0v) is 12.1. The van der Waals surface area contributed by atoms with Gasteiger partial charge in [-0.1, -0.05) is 28.1 Å². The highest BCUT2D eigenvalue weighted by atomic mass is 79.9. The molecule has 98 valence electrons. The summed E-state index contributed by atoms with van der Waals surface area (Å²) in [5.74, 6) is -0.131. The zero-order chi connectivity index (χ0) is 13.8. The first-order valence-corrected chi connectivity index (χ1v) is 6.56. The largest absolute Gasteiger partial charge is 0.398 e. The van der Waals surface area contributed by atoms with Crippen molar-refractivity contribution in [1.29, 1.82) is 0 Å². The van der Waals surface area contributed by atoms with Gasteiger partial charge in [0.1, 0.15) is 0 Å². The van der Waals surface area contributed by atoms with Gasteiger partial charge in [0.05, 0.1) is 5.56 Å². The number of aromatic nitrogens is 1. The van der Waals surface area contributed by atoms with Crippen molar-refractivity contribution < 1.29 is 4.79 Å². The molecule has 0 radical (unpaired) electrons. The molecule has 0 saturated carbocycles. The van der Waals surface area contributed by atoms with Crippen molar-refractivity contribution in [3.05, 3.63) is 58.3 Å². The third-order valence-electron chi connectivity index (χ3n) is 2.76. The number of nitrogens with two attached hydrogens (primary N) is 1. The highest BCUT2D eigenvalue weighted by Crippen LogP contribution is 2.15. The average molecular weight is 320 g/mol. The van der Waals surface area contributed by atoms with Crippen LogP contribution in [0, 0.1) is 0 Å². The summed E-state index contributed by atoms with van der Waals surface area (Å²) in [6.45, 7) is 0.528. The number of rotatable bonds is 3. The second-order valence-electron chi connectivity index (χ2n) is 4.25. The Morgan fingerprint density at radius 2 is 2.00 bits per heavy atom. The predicted octanol–water partition coefficient (Wildman–Crippen LogP) is 2.70. The Bertz CT molecular complexity index is 583. The molecule has 4 nitrogen and oxygen atoms in total. The third kappa shape index (κ3) is 3.32. The molecular weight excluding hydrogens is 306 g/mol. The molecule has 0 unspecified atom stereocenters. The van der Waals surface area contributed by atoms with Crippen molar-refractivity contribution in [3.8, 4) is 0 Å². The standard InChI is InChI=1S/C14H14BrN3O/c1-18(9-10-2-4-11(15)5-3-10)14(19)12-8-17-7-6-13(12)16/h2-8H,9H2,1H3,(H2,16,17). The molecule has 0 aliphatic heterocycles. The summed E-state index contributed by atoms with van der Waals surface area (Å²) < 4.78 is 1.02. The lowest BCUT2D eigenvalue weighted by molar-refractivity contribution is 0.0785. The summed E-state index contributed by atoms with van der Waals surface area (Å²) >= 11 is 3.38. The van der Waals surface area contributed by atoms with Crippen LogP contribution in [0.15, 0.2) is 47.2 Å². The normalized spacial score (nSPS) is 10.2. The minimum Gasteiger partial charge on any atom is -0.398 e. The van der Waals surface area contributed by atoms with Crippen LogP contribution >= 0.6 is 15.9 Å². The number of amides is 1. The number of nitrogens with zero attached hydrogens (tertiary/aromatic N) is 2. The molecule has 1 aromatic carbocycles. The Morgan fingerprint density at radius 1 is 1.32 bits per heavy atom. The molecule has 19 heavy (non-hydrogen) atoms. The van der Waals surface area contributed by atoms with E-state index in [4.69, 9.17) is 5.73 Å². The summed E-state index contributed by atoms with van der Waals surface area (Å²) in [5.41, 5.74) is 7.72. The van der Waals surface area contributed by atoms with Crippen molar-refractivity contribution in [2.24, 2.45) is 0 Å². The Labute approximate surface area is 120 Å². The summed E-state index contributed by atoms with van der Waals surface area (Å²) in [4.78, 5) is 17.8. The molecule has 0 spiro atoms. The lowest BCUT2D eigenvalue weighted by Gasteiger charge is -2.18. The fraction of sp³-hybridized carbons (Fsp3) is 0.143. The van der Waals surface area contributed by atoms with Crippen molar-refractivity contribution in [2.45, 2.75) is 6.54 Å². The van der Waals surface area contributed by atoms with Gasteiger partial charge in [0.2, 0.25) is 0 Å². The molecule has 2 rings (SSSR count). The molecule has 1 aromatic heterocycles. The number of hydrogen-bond acceptors (Lipinski definition) is 3. The van der Waals surface area contributed by atoms with E-state index in [1.807, 2.05) is 24.3 Å². The van der Waals surface area contributed by atoms with Crippen molar-refractivity contribution in [3.63, 3.8) is 0 Å². The van der Waals surface area contributed by atoms with Crippen LogP contribution in [0.25, 0.3) is 0 Å². The van der Waals surface area contributed by atoms with Gasteiger partial charge in [0.15, 0.2) is 0 Å². The van der Waals surface area contributed by atoms with Crippen molar-refractivity contribution >= 4 is 27.5 Å². The van der Waals surface area contributed by atoms with Crippen LogP contribution in [0.3, 0.4) is 0 Å². The van der Waals surface area contributed by atoms with E-state index >= 15 is 0 Å². The fourth-order valence-corrected chi connectivity index (χ4v) is 1.99. The van der Waals surface area contributed by atoms with E-state index in [2.05, 4.69) is 20.9 Å². The molecule has 2 aromatic rings. The van der Waals surface area contributed by atoms with Crippen LogP contribution < -0.4 is 5.73 Å². The maximum atomic E-state index is 12.2. The zero-order valence-electron chi connectivity index (χ0n) is 10.5. The van der Waals surface area contributed by atoms with E-state index in [0.29, 0.717) is 17.8 Å². The van der Waals surface area contributed by atoms with Crippen LogP contribution in [0.4, 0.5) is 5.69 Å². The topological polar surface area (TPSA) is 59.2 Å². The highest BCUT2D eigenvalue weighted by molar-refractivity contribution is 9.10. The Morgan fingerprint density at radius 3 is 2.63 bits per heavy atom. The lowest BCUT2D eigenvalue weighted by Crippen LogP contribution is -2.27. The summed E-state index contributed by atoms with van der Waals surface area (Å²) in [5, 5.41) is 0. The van der Waals surface area contributed by atoms with Crippen LogP contribution in [-0.4, -0.2) is 22.8 Å². The minimum atomic E-state index is -0.131. The fourth-order valence-electron chi connectivity index (χ4n) is 1.73. The summed E-state index contributed by atoms with van der Waals surface area (Å²) in [6, 6.07) is 9.47.